The standard InChI is InChI=1S/C50H36N2.C26H17Br.C24H20N2.CH4/c1-5-17-37(18-6-1)49-45-25-13-15-27-47(45)50(48-28-16-14-26-46(48)49)38-29-31-42(32-30-38)52(41-23-11-4-12-24-41)44-35-33-43(34-36-44)51(39-19-7-2-8-20-39)40-21-9-3-10-22-40;27-20-16-14-19(15-17-20)26-23-12-6-4-10-21(23)25(18-8-2-1-3-9-18)22-11-5-7-13-24(22)26;1-4-10-20(11-5-1)25-21-16-18-24(19-17-21)26(22-12-6-2-7-13-22)23-14-8-3-9-15-23;/h1-36H;1-17H;1-19,25H;1H4. The van der Waals surface area contributed by atoms with Crippen molar-refractivity contribution in [3.8, 4) is 44.5 Å². The minimum absolute atomic E-state index is 0. The fourth-order valence-corrected chi connectivity index (χ4v) is 14.7. The van der Waals surface area contributed by atoms with Gasteiger partial charge in [0.1, 0.15) is 0 Å². The van der Waals surface area contributed by atoms with Crippen LogP contribution in [-0.4, -0.2) is 0 Å². The predicted octanol–water partition coefficient (Wildman–Crippen LogP) is 29.9. The molecule has 0 saturated heterocycles. The van der Waals surface area contributed by atoms with E-state index in [-0.39, 0.29) is 7.43 Å². The van der Waals surface area contributed by atoms with Gasteiger partial charge in [0.15, 0.2) is 0 Å². The molecule has 0 aliphatic carbocycles. The average molecular weight is 1430 g/mol. The minimum atomic E-state index is 0. The van der Waals surface area contributed by atoms with Crippen LogP contribution < -0.4 is 20.0 Å². The molecule has 0 spiro atoms. The van der Waals surface area contributed by atoms with Crippen molar-refractivity contribution in [2.75, 3.05) is 20.0 Å². The van der Waals surface area contributed by atoms with Crippen molar-refractivity contribution in [1.29, 1.82) is 0 Å². The third-order valence-electron chi connectivity index (χ3n) is 19.2. The van der Waals surface area contributed by atoms with Crippen molar-refractivity contribution >= 4 is 122 Å². The maximum atomic E-state index is 3.56. The number of rotatable bonds is 15. The molecule has 508 valence electrons. The highest BCUT2D eigenvalue weighted by Gasteiger charge is 2.21. The Morgan fingerprint density at radius 1 is 0.160 bits per heavy atom. The van der Waals surface area contributed by atoms with Crippen LogP contribution in [0.1, 0.15) is 7.43 Å². The second-order valence-electron chi connectivity index (χ2n) is 25.7. The van der Waals surface area contributed by atoms with E-state index in [1.807, 2.05) is 30.3 Å². The number of hydrogen-bond acceptors (Lipinski definition) is 4. The first-order chi connectivity index (χ1) is 52.1. The molecule has 0 unspecified atom stereocenters. The van der Waals surface area contributed by atoms with E-state index in [1.165, 1.54) is 87.6 Å². The molecule has 5 heteroatoms. The van der Waals surface area contributed by atoms with E-state index in [9.17, 15) is 0 Å². The van der Waals surface area contributed by atoms with Gasteiger partial charge in [-0.3, -0.25) is 0 Å². The summed E-state index contributed by atoms with van der Waals surface area (Å²) in [6.07, 6.45) is 0. The zero-order valence-corrected chi connectivity index (χ0v) is 59.4. The van der Waals surface area contributed by atoms with E-state index in [0.717, 1.165) is 67.0 Å². The summed E-state index contributed by atoms with van der Waals surface area (Å²) in [4.78, 5) is 6.88. The van der Waals surface area contributed by atoms with Crippen molar-refractivity contribution < 1.29 is 0 Å². The molecular formula is C101H77BrN4. The molecule has 18 rings (SSSR count). The van der Waals surface area contributed by atoms with Gasteiger partial charge in [-0.2, -0.15) is 0 Å². The van der Waals surface area contributed by atoms with E-state index in [2.05, 4.69) is 442 Å². The van der Waals surface area contributed by atoms with Gasteiger partial charge >= 0.3 is 0 Å². The van der Waals surface area contributed by atoms with Gasteiger partial charge in [-0.1, -0.05) is 315 Å². The molecule has 4 nitrogen and oxygen atoms in total. The van der Waals surface area contributed by atoms with Crippen molar-refractivity contribution in [3.05, 3.63) is 441 Å². The summed E-state index contributed by atoms with van der Waals surface area (Å²) in [7, 11) is 0. The fourth-order valence-electron chi connectivity index (χ4n) is 14.5. The van der Waals surface area contributed by atoms with Crippen LogP contribution in [0.2, 0.25) is 0 Å². The number of para-hydroxylation sites is 6. The molecule has 18 aromatic carbocycles. The Labute approximate surface area is 630 Å². The number of nitrogens with zero attached hydrogens (tertiary/aromatic N) is 3. The third-order valence-corrected chi connectivity index (χ3v) is 19.7. The molecule has 0 atom stereocenters. The second kappa shape index (κ2) is 32.3. The number of fused-ring (bicyclic) bond motifs is 4. The lowest BCUT2D eigenvalue weighted by molar-refractivity contribution is 1.26. The Kier molecular flexibility index (Phi) is 20.9. The predicted molar refractivity (Wildman–Crippen MR) is 459 cm³/mol. The zero-order valence-electron chi connectivity index (χ0n) is 57.8. The lowest BCUT2D eigenvalue weighted by Crippen LogP contribution is -2.12. The van der Waals surface area contributed by atoms with Gasteiger partial charge in [-0.05, 0) is 233 Å². The maximum absolute atomic E-state index is 3.56. The molecule has 0 heterocycles. The van der Waals surface area contributed by atoms with Crippen LogP contribution in [0.25, 0.3) is 87.6 Å². The van der Waals surface area contributed by atoms with Crippen LogP contribution in [0.3, 0.4) is 0 Å². The van der Waals surface area contributed by atoms with Crippen LogP contribution in [0.4, 0.5) is 62.6 Å². The third kappa shape index (κ3) is 14.7. The minimum Gasteiger partial charge on any atom is -0.356 e. The van der Waals surface area contributed by atoms with E-state index >= 15 is 0 Å². The van der Waals surface area contributed by atoms with Crippen molar-refractivity contribution in [2.24, 2.45) is 0 Å². The van der Waals surface area contributed by atoms with Crippen molar-refractivity contribution in [3.63, 3.8) is 0 Å². The highest BCUT2D eigenvalue weighted by molar-refractivity contribution is 9.10. The normalized spacial score (nSPS) is 10.8. The van der Waals surface area contributed by atoms with E-state index < -0.39 is 0 Å². The summed E-state index contributed by atoms with van der Waals surface area (Å²) >= 11 is 3.56. The molecule has 1 N–H and O–H groups in total. The van der Waals surface area contributed by atoms with Crippen molar-refractivity contribution in [2.45, 2.75) is 7.43 Å². The van der Waals surface area contributed by atoms with E-state index in [1.54, 1.807) is 0 Å². The lowest BCUT2D eigenvalue weighted by atomic mass is 9.86. The quantitative estimate of drug-likeness (QED) is 0.103. The molecule has 0 saturated carbocycles. The summed E-state index contributed by atoms with van der Waals surface area (Å²) in [5.74, 6) is 0. The molecule has 0 aromatic heterocycles. The Balaban J connectivity index is 0.000000140. The zero-order chi connectivity index (χ0) is 70.5. The monoisotopic (exact) mass is 1420 g/mol. The van der Waals surface area contributed by atoms with Gasteiger partial charge < -0.3 is 20.0 Å². The SMILES string of the molecule is Brc1ccc(-c2c3ccccc3c(-c3ccccc3)c3ccccc23)cc1.C.c1ccc(-c2c3ccccc3c(-c3ccc(N(c4ccccc4)c4ccc(N(c5ccccc5)c5ccccc5)cc4)cc3)c3ccccc23)cc1.c1ccc(Nc2ccc(N(c3ccccc3)c3ccccc3)cc2)cc1. The average Bonchev–Trinajstić information content (AvgIpc) is 0.741. The Morgan fingerprint density at radius 2 is 0.330 bits per heavy atom. The lowest BCUT2D eigenvalue weighted by Gasteiger charge is -2.28. The topological polar surface area (TPSA) is 21.8 Å². The second-order valence-corrected chi connectivity index (χ2v) is 26.6. The van der Waals surface area contributed by atoms with Crippen LogP contribution in [0.5, 0.6) is 0 Å². The Morgan fingerprint density at radius 3 is 0.585 bits per heavy atom. The summed E-state index contributed by atoms with van der Waals surface area (Å²) in [6, 6.07) is 154. The van der Waals surface area contributed by atoms with Gasteiger partial charge in [0.25, 0.3) is 0 Å². The number of halogens is 1. The van der Waals surface area contributed by atoms with E-state index in [0.29, 0.717) is 0 Å². The summed E-state index contributed by atoms with van der Waals surface area (Å²) < 4.78 is 1.10. The van der Waals surface area contributed by atoms with Gasteiger partial charge in [0.2, 0.25) is 0 Å². The van der Waals surface area contributed by atoms with Gasteiger partial charge in [-0.25, -0.2) is 0 Å². The Bertz CT molecular complexity index is 5680. The van der Waals surface area contributed by atoms with Crippen LogP contribution >= 0.6 is 15.9 Å². The maximum Gasteiger partial charge on any atom is 0.0463 e. The molecule has 0 aliphatic rings. The van der Waals surface area contributed by atoms with Crippen LogP contribution in [-0.2, 0) is 0 Å². The Hall–Kier alpha value is -13.3. The van der Waals surface area contributed by atoms with Gasteiger partial charge in [0.05, 0.1) is 0 Å². The number of anilines is 11. The molecule has 0 bridgehead atoms. The van der Waals surface area contributed by atoms with E-state index in [4.69, 9.17) is 0 Å². The van der Waals surface area contributed by atoms with Crippen LogP contribution in [0, 0.1) is 0 Å². The first-order valence-corrected chi connectivity index (χ1v) is 36.4. The highest BCUT2D eigenvalue weighted by atomic mass is 79.9. The highest BCUT2D eigenvalue weighted by Crippen LogP contribution is 2.47. The molecule has 0 aliphatic heterocycles. The molecule has 0 amide bonds. The fraction of sp³-hybridized carbons (Fsp3) is 0.00990. The first-order valence-electron chi connectivity index (χ1n) is 35.6. The summed E-state index contributed by atoms with van der Waals surface area (Å²) in [6.45, 7) is 0. The van der Waals surface area contributed by atoms with Gasteiger partial charge in [-0.15, -0.1) is 0 Å². The number of benzene rings is 18. The first kappa shape index (κ1) is 68.4. The number of nitrogens with one attached hydrogen (secondary N) is 1. The molecule has 0 fully saturated rings. The summed E-state index contributed by atoms with van der Waals surface area (Å²) in [5.41, 5.74) is 22.3. The van der Waals surface area contributed by atoms with Crippen LogP contribution in [0.15, 0.2) is 441 Å². The number of hydrogen-bond donors (Lipinski definition) is 1. The smallest absolute Gasteiger partial charge is 0.0463 e. The molecular weight excluding hydrogens is 1350 g/mol. The largest absolute Gasteiger partial charge is 0.356 e. The summed E-state index contributed by atoms with van der Waals surface area (Å²) in [5, 5.41) is 13.6. The molecule has 18 aromatic rings. The molecule has 0 radical (unpaired) electrons. The van der Waals surface area contributed by atoms with Crippen molar-refractivity contribution in [1.82, 2.24) is 0 Å². The van der Waals surface area contributed by atoms with Gasteiger partial charge in [0, 0.05) is 67.0 Å². The molecule has 106 heavy (non-hydrogen) atoms.